The van der Waals surface area contributed by atoms with Crippen LogP contribution in [0.15, 0.2) is 47.1 Å². The van der Waals surface area contributed by atoms with E-state index < -0.39 is 11.5 Å². The molecule has 0 aliphatic heterocycles. The van der Waals surface area contributed by atoms with Crippen LogP contribution in [0.3, 0.4) is 0 Å². The van der Waals surface area contributed by atoms with Gasteiger partial charge in [0, 0.05) is 5.02 Å². The van der Waals surface area contributed by atoms with E-state index >= 15 is 0 Å². The molecule has 1 amide bonds. The number of carbonyl (C=O) groups is 1. The minimum absolute atomic E-state index is 0.0622. The number of amides is 1. The van der Waals surface area contributed by atoms with Crippen molar-refractivity contribution < 1.29 is 14.3 Å². The fourth-order valence-electron chi connectivity index (χ4n) is 3.39. The summed E-state index contributed by atoms with van der Waals surface area (Å²) in [6.45, 7) is -0.198. The Bertz CT molecular complexity index is 645. The van der Waals surface area contributed by atoms with Gasteiger partial charge < -0.3 is 14.8 Å². The van der Waals surface area contributed by atoms with Crippen molar-refractivity contribution in [2.24, 2.45) is 0 Å². The summed E-state index contributed by atoms with van der Waals surface area (Å²) in [5.74, 6) is 0.498. The zero-order chi connectivity index (χ0) is 16.3. The third-order valence-corrected chi connectivity index (χ3v) is 4.92. The number of halogens is 1. The minimum atomic E-state index is -0.551. The summed E-state index contributed by atoms with van der Waals surface area (Å²) in [4.78, 5) is 13.0. The fourth-order valence-corrected chi connectivity index (χ4v) is 3.51. The number of aliphatic hydroxyl groups is 1. The van der Waals surface area contributed by atoms with Gasteiger partial charge in [0.25, 0.3) is 0 Å². The second-order valence-corrected chi connectivity index (χ2v) is 6.46. The first kappa shape index (κ1) is 16.1. The molecule has 1 aromatic carbocycles. The molecule has 0 radical (unpaired) electrons. The summed E-state index contributed by atoms with van der Waals surface area (Å²) in [5, 5.41) is 13.2. The van der Waals surface area contributed by atoms with Crippen LogP contribution in [0.4, 0.5) is 0 Å². The van der Waals surface area contributed by atoms with Crippen LogP contribution in [0.25, 0.3) is 0 Å². The lowest BCUT2D eigenvalue weighted by Crippen LogP contribution is -2.44. The van der Waals surface area contributed by atoms with E-state index in [1.807, 2.05) is 24.3 Å². The Morgan fingerprint density at radius 2 is 1.96 bits per heavy atom. The Labute approximate surface area is 140 Å². The van der Waals surface area contributed by atoms with E-state index in [4.69, 9.17) is 16.0 Å². The maximum Gasteiger partial charge on any atom is 0.231 e. The lowest BCUT2D eigenvalue weighted by molar-refractivity contribution is -0.128. The van der Waals surface area contributed by atoms with Crippen LogP contribution in [-0.4, -0.2) is 17.6 Å². The van der Waals surface area contributed by atoms with Gasteiger partial charge in [0.15, 0.2) is 0 Å². The molecule has 23 heavy (non-hydrogen) atoms. The van der Waals surface area contributed by atoms with Gasteiger partial charge in [-0.2, -0.15) is 0 Å². The molecule has 2 N–H and O–H groups in total. The van der Waals surface area contributed by atoms with E-state index in [-0.39, 0.29) is 12.5 Å². The SMILES string of the molecule is O=C(NC(CO)c1ccco1)C1(c2ccc(Cl)cc2)CCCC1. The Morgan fingerprint density at radius 1 is 1.26 bits per heavy atom. The van der Waals surface area contributed by atoms with Gasteiger partial charge in [-0.3, -0.25) is 4.79 Å². The van der Waals surface area contributed by atoms with Crippen molar-refractivity contribution >= 4 is 17.5 Å². The molecule has 1 saturated carbocycles. The first-order valence-corrected chi connectivity index (χ1v) is 8.25. The Balaban J connectivity index is 1.86. The number of carbonyl (C=O) groups excluding carboxylic acids is 1. The van der Waals surface area contributed by atoms with Crippen molar-refractivity contribution in [2.75, 3.05) is 6.61 Å². The summed E-state index contributed by atoms with van der Waals surface area (Å²) in [5.41, 5.74) is 0.429. The molecule has 5 heteroatoms. The van der Waals surface area contributed by atoms with Gasteiger partial charge in [0.2, 0.25) is 5.91 Å². The van der Waals surface area contributed by atoms with Gasteiger partial charge in [-0.05, 0) is 42.7 Å². The van der Waals surface area contributed by atoms with E-state index in [0.29, 0.717) is 10.8 Å². The molecule has 4 nitrogen and oxygen atoms in total. The van der Waals surface area contributed by atoms with E-state index in [9.17, 15) is 9.90 Å². The Hall–Kier alpha value is -1.78. The van der Waals surface area contributed by atoms with Gasteiger partial charge >= 0.3 is 0 Å². The van der Waals surface area contributed by atoms with Crippen molar-refractivity contribution in [2.45, 2.75) is 37.1 Å². The van der Waals surface area contributed by atoms with Gasteiger partial charge in [0.05, 0.1) is 18.3 Å². The third kappa shape index (κ3) is 3.14. The molecule has 1 fully saturated rings. The predicted octanol–water partition coefficient (Wildman–Crippen LogP) is 3.59. The minimum Gasteiger partial charge on any atom is -0.467 e. The van der Waals surface area contributed by atoms with Crippen molar-refractivity contribution in [3.63, 3.8) is 0 Å². The summed E-state index contributed by atoms with van der Waals surface area (Å²) in [7, 11) is 0. The summed E-state index contributed by atoms with van der Waals surface area (Å²) >= 11 is 5.97. The first-order valence-electron chi connectivity index (χ1n) is 7.87. The van der Waals surface area contributed by atoms with Crippen LogP contribution in [-0.2, 0) is 10.2 Å². The highest BCUT2D eigenvalue weighted by atomic mass is 35.5. The van der Waals surface area contributed by atoms with Crippen molar-refractivity contribution in [3.8, 4) is 0 Å². The second-order valence-electron chi connectivity index (χ2n) is 6.02. The standard InChI is InChI=1S/C18H20ClNO3/c19-14-7-5-13(6-8-14)18(9-1-2-10-18)17(22)20-15(12-21)16-4-3-11-23-16/h3-8,11,15,21H,1-2,9-10,12H2,(H,20,22). The predicted molar refractivity (Wildman–Crippen MR) is 88.3 cm³/mol. The molecule has 1 unspecified atom stereocenters. The quantitative estimate of drug-likeness (QED) is 0.878. The maximum atomic E-state index is 13.0. The number of hydrogen-bond acceptors (Lipinski definition) is 3. The molecule has 0 saturated heterocycles. The largest absolute Gasteiger partial charge is 0.467 e. The van der Waals surface area contributed by atoms with Crippen LogP contribution in [0, 0.1) is 0 Å². The van der Waals surface area contributed by atoms with E-state index in [1.54, 1.807) is 12.1 Å². The molecule has 1 atom stereocenters. The van der Waals surface area contributed by atoms with Crippen molar-refractivity contribution in [3.05, 3.63) is 59.0 Å². The summed E-state index contributed by atoms with van der Waals surface area (Å²) in [6.07, 6.45) is 5.17. The summed E-state index contributed by atoms with van der Waals surface area (Å²) < 4.78 is 5.31. The molecule has 1 heterocycles. The lowest BCUT2D eigenvalue weighted by atomic mass is 9.78. The van der Waals surface area contributed by atoms with Crippen molar-refractivity contribution in [1.82, 2.24) is 5.32 Å². The number of furan rings is 1. The molecule has 1 aliphatic carbocycles. The zero-order valence-corrected chi connectivity index (χ0v) is 13.6. The van der Waals surface area contributed by atoms with E-state index in [2.05, 4.69) is 5.32 Å². The number of hydrogen-bond donors (Lipinski definition) is 2. The highest BCUT2D eigenvalue weighted by Crippen LogP contribution is 2.42. The highest BCUT2D eigenvalue weighted by molar-refractivity contribution is 6.30. The topological polar surface area (TPSA) is 62.5 Å². The molecule has 0 bridgehead atoms. The first-order chi connectivity index (χ1) is 11.2. The van der Waals surface area contributed by atoms with Crippen LogP contribution in [0.5, 0.6) is 0 Å². The number of benzene rings is 1. The number of aliphatic hydroxyl groups excluding tert-OH is 1. The maximum absolute atomic E-state index is 13.0. The molecule has 1 aromatic heterocycles. The monoisotopic (exact) mass is 333 g/mol. The van der Waals surface area contributed by atoms with E-state index in [0.717, 1.165) is 31.2 Å². The molecule has 122 valence electrons. The molecular weight excluding hydrogens is 314 g/mol. The molecule has 2 aromatic rings. The molecular formula is C18H20ClNO3. The number of rotatable bonds is 5. The average molecular weight is 334 g/mol. The fraction of sp³-hybridized carbons (Fsp3) is 0.389. The smallest absolute Gasteiger partial charge is 0.231 e. The van der Waals surface area contributed by atoms with Crippen LogP contribution in [0.1, 0.15) is 43.0 Å². The van der Waals surface area contributed by atoms with Crippen LogP contribution < -0.4 is 5.32 Å². The van der Waals surface area contributed by atoms with Crippen LogP contribution >= 0.6 is 11.6 Å². The second kappa shape index (κ2) is 6.77. The van der Waals surface area contributed by atoms with Gasteiger partial charge in [-0.25, -0.2) is 0 Å². The number of nitrogens with one attached hydrogen (secondary N) is 1. The molecule has 1 aliphatic rings. The van der Waals surface area contributed by atoms with Crippen molar-refractivity contribution in [1.29, 1.82) is 0 Å². The highest BCUT2D eigenvalue weighted by Gasteiger charge is 2.43. The Kier molecular flexibility index (Phi) is 4.74. The zero-order valence-electron chi connectivity index (χ0n) is 12.8. The molecule has 3 rings (SSSR count). The Morgan fingerprint density at radius 3 is 2.52 bits per heavy atom. The van der Waals surface area contributed by atoms with Crippen LogP contribution in [0.2, 0.25) is 5.02 Å². The normalized spacial score (nSPS) is 17.8. The molecule has 0 spiro atoms. The third-order valence-electron chi connectivity index (χ3n) is 4.66. The van der Waals surface area contributed by atoms with Gasteiger partial charge in [0.1, 0.15) is 11.8 Å². The van der Waals surface area contributed by atoms with Gasteiger partial charge in [-0.15, -0.1) is 0 Å². The summed E-state index contributed by atoms with van der Waals surface area (Å²) in [6, 6.07) is 10.5. The lowest BCUT2D eigenvalue weighted by Gasteiger charge is -2.30. The van der Waals surface area contributed by atoms with Gasteiger partial charge in [-0.1, -0.05) is 36.6 Å². The van der Waals surface area contributed by atoms with E-state index in [1.165, 1.54) is 6.26 Å². The average Bonchev–Trinajstić information content (AvgIpc) is 3.25.